The Kier molecular flexibility index (Phi) is 3.87. The lowest BCUT2D eigenvalue weighted by Crippen LogP contribution is -2.35. The summed E-state index contributed by atoms with van der Waals surface area (Å²) in [7, 11) is 2.03. The molecule has 5 heteroatoms. The van der Waals surface area contributed by atoms with Crippen molar-refractivity contribution < 1.29 is 0 Å². The molecule has 0 aliphatic heterocycles. The first-order valence-corrected chi connectivity index (χ1v) is 7.54. The number of nitrogens with two attached hydrogens (primary N) is 1. The van der Waals surface area contributed by atoms with Gasteiger partial charge in [-0.2, -0.15) is 0 Å². The summed E-state index contributed by atoms with van der Waals surface area (Å²) in [5.41, 5.74) is 7.86. The van der Waals surface area contributed by atoms with Crippen LogP contribution in [0.2, 0.25) is 0 Å². The monoisotopic (exact) mass is 273 g/mol. The van der Waals surface area contributed by atoms with Crippen molar-refractivity contribution in [3.05, 3.63) is 18.6 Å². The Morgan fingerprint density at radius 2 is 2.15 bits per heavy atom. The highest BCUT2D eigenvalue weighted by Crippen LogP contribution is 2.30. The van der Waals surface area contributed by atoms with E-state index in [1.165, 1.54) is 25.7 Å². The molecule has 0 radical (unpaired) electrons. The van der Waals surface area contributed by atoms with E-state index in [1.54, 1.807) is 0 Å². The van der Waals surface area contributed by atoms with Crippen molar-refractivity contribution >= 4 is 16.9 Å². The second-order valence-electron chi connectivity index (χ2n) is 5.63. The summed E-state index contributed by atoms with van der Waals surface area (Å²) in [4.78, 5) is 11.6. The topological polar surface area (TPSA) is 60.0 Å². The van der Waals surface area contributed by atoms with E-state index < -0.39 is 0 Å². The SMILES string of the molecule is Cn1cnc2c(N(CCCN)C3CCCC3)nccc21. The lowest BCUT2D eigenvalue weighted by atomic mass is 10.2. The smallest absolute Gasteiger partial charge is 0.156 e. The minimum atomic E-state index is 0.599. The Hall–Kier alpha value is -1.62. The minimum absolute atomic E-state index is 0.599. The molecule has 0 amide bonds. The highest BCUT2D eigenvalue weighted by atomic mass is 15.2. The van der Waals surface area contributed by atoms with Gasteiger partial charge in [0.15, 0.2) is 5.82 Å². The third kappa shape index (κ3) is 2.38. The van der Waals surface area contributed by atoms with E-state index >= 15 is 0 Å². The van der Waals surface area contributed by atoms with Gasteiger partial charge in [-0.05, 0) is 31.9 Å². The average Bonchev–Trinajstić information content (AvgIpc) is 3.11. The predicted octanol–water partition coefficient (Wildman–Crippen LogP) is 2.07. The Balaban J connectivity index is 1.99. The zero-order valence-electron chi connectivity index (χ0n) is 12.1. The Morgan fingerprint density at radius 3 is 2.90 bits per heavy atom. The van der Waals surface area contributed by atoms with Crippen LogP contribution in [0.4, 0.5) is 5.82 Å². The largest absolute Gasteiger partial charge is 0.352 e. The molecule has 0 aromatic carbocycles. The van der Waals surface area contributed by atoms with Gasteiger partial charge in [0.1, 0.15) is 5.52 Å². The number of rotatable bonds is 5. The van der Waals surface area contributed by atoms with Crippen molar-refractivity contribution in [1.29, 1.82) is 0 Å². The van der Waals surface area contributed by atoms with Gasteiger partial charge >= 0.3 is 0 Å². The number of fused-ring (bicyclic) bond motifs is 1. The first kappa shape index (κ1) is 13.4. The molecule has 0 bridgehead atoms. The van der Waals surface area contributed by atoms with Gasteiger partial charge in [0.05, 0.1) is 11.8 Å². The number of pyridine rings is 1. The van der Waals surface area contributed by atoms with Gasteiger partial charge in [0.2, 0.25) is 0 Å². The van der Waals surface area contributed by atoms with Crippen molar-refractivity contribution in [3.8, 4) is 0 Å². The first-order chi connectivity index (χ1) is 9.81. The predicted molar refractivity (Wildman–Crippen MR) is 81.8 cm³/mol. The molecule has 2 aromatic rings. The summed E-state index contributed by atoms with van der Waals surface area (Å²) in [6.45, 7) is 1.70. The third-order valence-corrected chi connectivity index (χ3v) is 4.26. The number of hydrogen-bond acceptors (Lipinski definition) is 4. The minimum Gasteiger partial charge on any atom is -0.352 e. The number of aryl methyl sites for hydroxylation is 1. The summed E-state index contributed by atoms with van der Waals surface area (Å²) < 4.78 is 2.05. The van der Waals surface area contributed by atoms with Gasteiger partial charge in [0.25, 0.3) is 0 Å². The lowest BCUT2D eigenvalue weighted by molar-refractivity contribution is 0.588. The summed E-state index contributed by atoms with van der Waals surface area (Å²) in [5.74, 6) is 1.03. The highest BCUT2D eigenvalue weighted by Gasteiger charge is 2.25. The number of hydrogen-bond donors (Lipinski definition) is 1. The van der Waals surface area contributed by atoms with Crippen LogP contribution in [0.3, 0.4) is 0 Å². The van der Waals surface area contributed by atoms with Gasteiger partial charge in [-0.25, -0.2) is 9.97 Å². The first-order valence-electron chi connectivity index (χ1n) is 7.54. The van der Waals surface area contributed by atoms with E-state index in [1.807, 2.05) is 25.6 Å². The summed E-state index contributed by atoms with van der Waals surface area (Å²) >= 11 is 0. The van der Waals surface area contributed by atoms with E-state index in [0.29, 0.717) is 6.04 Å². The summed E-state index contributed by atoms with van der Waals surface area (Å²) in [5, 5.41) is 0. The number of imidazole rings is 1. The second kappa shape index (κ2) is 5.79. The molecule has 2 aromatic heterocycles. The van der Waals surface area contributed by atoms with Crippen LogP contribution < -0.4 is 10.6 Å². The quantitative estimate of drug-likeness (QED) is 0.906. The van der Waals surface area contributed by atoms with Crippen molar-refractivity contribution in [2.24, 2.45) is 12.8 Å². The van der Waals surface area contributed by atoms with Crippen LogP contribution in [-0.4, -0.2) is 33.7 Å². The molecular formula is C15H23N5. The van der Waals surface area contributed by atoms with E-state index in [2.05, 4.69) is 19.4 Å². The van der Waals surface area contributed by atoms with Crippen LogP contribution in [0, 0.1) is 0 Å². The van der Waals surface area contributed by atoms with Crippen LogP contribution in [-0.2, 0) is 7.05 Å². The molecule has 1 saturated carbocycles. The van der Waals surface area contributed by atoms with Crippen molar-refractivity contribution in [2.45, 2.75) is 38.1 Å². The maximum Gasteiger partial charge on any atom is 0.156 e. The molecule has 20 heavy (non-hydrogen) atoms. The fraction of sp³-hybridized carbons (Fsp3) is 0.600. The summed E-state index contributed by atoms with van der Waals surface area (Å²) in [6, 6.07) is 2.63. The lowest BCUT2D eigenvalue weighted by Gasteiger charge is -2.30. The molecule has 2 N–H and O–H groups in total. The maximum absolute atomic E-state index is 5.70. The van der Waals surface area contributed by atoms with E-state index in [4.69, 9.17) is 5.73 Å². The molecule has 3 rings (SSSR count). The number of aromatic nitrogens is 3. The Bertz CT molecular complexity index is 571. The fourth-order valence-electron chi connectivity index (χ4n) is 3.20. The van der Waals surface area contributed by atoms with Crippen LogP contribution in [0.15, 0.2) is 18.6 Å². The van der Waals surface area contributed by atoms with Crippen molar-refractivity contribution in [3.63, 3.8) is 0 Å². The van der Waals surface area contributed by atoms with Gasteiger partial charge in [-0.1, -0.05) is 12.8 Å². The number of anilines is 1. The normalized spacial score (nSPS) is 16.1. The van der Waals surface area contributed by atoms with Crippen LogP contribution in [0.25, 0.3) is 11.0 Å². The zero-order valence-corrected chi connectivity index (χ0v) is 12.1. The molecule has 1 aliphatic carbocycles. The van der Waals surface area contributed by atoms with E-state index in [-0.39, 0.29) is 0 Å². The Labute approximate surface area is 119 Å². The van der Waals surface area contributed by atoms with Crippen LogP contribution in [0.5, 0.6) is 0 Å². The molecule has 1 aliphatic rings. The summed E-state index contributed by atoms with van der Waals surface area (Å²) in [6.07, 6.45) is 9.92. The molecule has 1 fully saturated rings. The molecule has 2 heterocycles. The zero-order chi connectivity index (χ0) is 13.9. The van der Waals surface area contributed by atoms with E-state index in [0.717, 1.165) is 36.4 Å². The molecule has 108 valence electrons. The number of nitrogens with zero attached hydrogens (tertiary/aromatic N) is 4. The van der Waals surface area contributed by atoms with E-state index in [9.17, 15) is 0 Å². The molecule has 5 nitrogen and oxygen atoms in total. The Morgan fingerprint density at radius 1 is 1.35 bits per heavy atom. The van der Waals surface area contributed by atoms with Crippen molar-refractivity contribution in [1.82, 2.24) is 14.5 Å². The highest BCUT2D eigenvalue weighted by molar-refractivity contribution is 5.86. The molecule has 0 atom stereocenters. The van der Waals surface area contributed by atoms with Crippen molar-refractivity contribution in [2.75, 3.05) is 18.0 Å². The van der Waals surface area contributed by atoms with Crippen LogP contribution >= 0.6 is 0 Å². The van der Waals surface area contributed by atoms with Gasteiger partial charge in [-0.3, -0.25) is 0 Å². The standard InChI is InChI=1S/C15H23N5/c1-19-11-18-14-13(19)7-9-17-15(14)20(10-4-8-16)12-5-2-3-6-12/h7,9,11-12H,2-6,8,10,16H2,1H3. The maximum atomic E-state index is 5.70. The molecule has 0 saturated heterocycles. The second-order valence-corrected chi connectivity index (χ2v) is 5.63. The van der Waals surface area contributed by atoms with Gasteiger partial charge in [-0.15, -0.1) is 0 Å². The average molecular weight is 273 g/mol. The third-order valence-electron chi connectivity index (χ3n) is 4.26. The van der Waals surface area contributed by atoms with Gasteiger partial charge < -0.3 is 15.2 Å². The molecule has 0 unspecified atom stereocenters. The van der Waals surface area contributed by atoms with Crippen LogP contribution in [0.1, 0.15) is 32.1 Å². The molecular weight excluding hydrogens is 250 g/mol. The molecule has 0 spiro atoms. The van der Waals surface area contributed by atoms with Gasteiger partial charge in [0, 0.05) is 25.8 Å². The fourth-order valence-corrected chi connectivity index (χ4v) is 3.20.